The summed E-state index contributed by atoms with van der Waals surface area (Å²) in [5.74, 6) is -0.426. The second-order valence-electron chi connectivity index (χ2n) is 4.02. The van der Waals surface area contributed by atoms with E-state index in [1.54, 1.807) is 17.5 Å². The van der Waals surface area contributed by atoms with Crippen molar-refractivity contribution in [1.29, 1.82) is 0 Å². The molecule has 0 amide bonds. The van der Waals surface area contributed by atoms with Crippen molar-refractivity contribution in [2.24, 2.45) is 0 Å². The van der Waals surface area contributed by atoms with Gasteiger partial charge in [-0.2, -0.15) is 0 Å². The number of benzene rings is 1. The highest BCUT2D eigenvalue weighted by Crippen LogP contribution is 2.20. The Morgan fingerprint density at radius 2 is 2.21 bits per heavy atom. The number of hydrogen-bond acceptors (Lipinski definition) is 3. The number of nitrogens with zero attached hydrogens (tertiary/aromatic N) is 2. The normalized spacial score (nSPS) is 11.1. The molecular formula is C13H8ClFN2OS. The second-order valence-corrected chi connectivity index (χ2v) is 5.32. The quantitative estimate of drug-likeness (QED) is 0.727. The molecule has 0 aliphatic heterocycles. The van der Waals surface area contributed by atoms with E-state index in [1.165, 1.54) is 34.4 Å². The second kappa shape index (κ2) is 4.75. The molecule has 6 heteroatoms. The van der Waals surface area contributed by atoms with Crippen LogP contribution in [0.25, 0.3) is 10.2 Å². The van der Waals surface area contributed by atoms with Gasteiger partial charge in [0.25, 0.3) is 5.56 Å². The number of rotatable bonds is 2. The van der Waals surface area contributed by atoms with Gasteiger partial charge in [-0.05, 0) is 23.6 Å². The summed E-state index contributed by atoms with van der Waals surface area (Å²) in [4.78, 5) is 17.0. The van der Waals surface area contributed by atoms with Gasteiger partial charge in [0, 0.05) is 10.6 Å². The Balaban J connectivity index is 2.11. The van der Waals surface area contributed by atoms with Crippen molar-refractivity contribution < 1.29 is 4.39 Å². The van der Waals surface area contributed by atoms with E-state index >= 15 is 0 Å². The topological polar surface area (TPSA) is 34.9 Å². The molecule has 0 aliphatic rings. The van der Waals surface area contributed by atoms with Gasteiger partial charge in [-0.15, -0.1) is 11.3 Å². The summed E-state index contributed by atoms with van der Waals surface area (Å²) < 4.78 is 15.1. The zero-order valence-corrected chi connectivity index (χ0v) is 11.2. The lowest BCUT2D eigenvalue weighted by atomic mass is 10.2. The van der Waals surface area contributed by atoms with E-state index in [0.717, 1.165) is 0 Å². The fraction of sp³-hybridized carbons (Fsp3) is 0.0769. The van der Waals surface area contributed by atoms with Gasteiger partial charge in [0.1, 0.15) is 10.6 Å². The first-order valence-electron chi connectivity index (χ1n) is 5.52. The van der Waals surface area contributed by atoms with E-state index in [4.69, 9.17) is 11.6 Å². The van der Waals surface area contributed by atoms with Gasteiger partial charge in [-0.3, -0.25) is 9.36 Å². The standard InChI is InChI=1S/C13H8ClFN2OS/c14-10-2-1-3-11(15)9(10)6-17-7-16-12-8(13(17)18)4-5-19-12/h1-5,7H,6H2. The van der Waals surface area contributed by atoms with Gasteiger partial charge in [-0.1, -0.05) is 17.7 Å². The molecule has 2 heterocycles. The number of thiophene rings is 1. The molecule has 0 N–H and O–H groups in total. The van der Waals surface area contributed by atoms with Gasteiger partial charge in [0.2, 0.25) is 0 Å². The first-order valence-corrected chi connectivity index (χ1v) is 6.78. The number of fused-ring (bicyclic) bond motifs is 1. The van der Waals surface area contributed by atoms with Crippen molar-refractivity contribution in [3.63, 3.8) is 0 Å². The van der Waals surface area contributed by atoms with Crippen LogP contribution >= 0.6 is 22.9 Å². The Kier molecular flexibility index (Phi) is 3.08. The van der Waals surface area contributed by atoms with Gasteiger partial charge >= 0.3 is 0 Å². The zero-order chi connectivity index (χ0) is 13.4. The molecule has 0 bridgehead atoms. The van der Waals surface area contributed by atoms with Crippen LogP contribution in [-0.2, 0) is 6.54 Å². The lowest BCUT2D eigenvalue weighted by Crippen LogP contribution is -2.21. The minimum absolute atomic E-state index is 0.0725. The average Bonchev–Trinajstić information content (AvgIpc) is 2.85. The van der Waals surface area contributed by atoms with Crippen LogP contribution in [-0.4, -0.2) is 9.55 Å². The van der Waals surface area contributed by atoms with Crippen LogP contribution < -0.4 is 5.56 Å². The van der Waals surface area contributed by atoms with Crippen molar-refractivity contribution in [3.05, 3.63) is 62.7 Å². The van der Waals surface area contributed by atoms with Crippen LogP contribution in [0.5, 0.6) is 0 Å². The van der Waals surface area contributed by atoms with Gasteiger partial charge in [-0.25, -0.2) is 9.37 Å². The lowest BCUT2D eigenvalue weighted by molar-refractivity contribution is 0.595. The van der Waals surface area contributed by atoms with E-state index < -0.39 is 5.82 Å². The molecule has 0 saturated heterocycles. The number of halogens is 2. The third-order valence-corrected chi connectivity index (χ3v) is 4.02. The summed E-state index contributed by atoms with van der Waals surface area (Å²) in [6.45, 7) is 0.0725. The minimum Gasteiger partial charge on any atom is -0.294 e. The van der Waals surface area contributed by atoms with E-state index in [9.17, 15) is 9.18 Å². The Morgan fingerprint density at radius 3 is 3.00 bits per heavy atom. The van der Waals surface area contributed by atoms with Crippen molar-refractivity contribution >= 4 is 33.2 Å². The Labute approximate surface area is 116 Å². The first kappa shape index (κ1) is 12.3. The number of hydrogen-bond donors (Lipinski definition) is 0. The van der Waals surface area contributed by atoms with E-state index in [0.29, 0.717) is 20.8 Å². The molecule has 96 valence electrons. The van der Waals surface area contributed by atoms with Crippen LogP contribution in [0.3, 0.4) is 0 Å². The van der Waals surface area contributed by atoms with Crippen molar-refractivity contribution in [2.75, 3.05) is 0 Å². The van der Waals surface area contributed by atoms with Crippen LogP contribution in [0.4, 0.5) is 4.39 Å². The average molecular weight is 295 g/mol. The molecular weight excluding hydrogens is 287 g/mol. The third kappa shape index (κ3) is 2.15. The van der Waals surface area contributed by atoms with Crippen molar-refractivity contribution in [3.8, 4) is 0 Å². The van der Waals surface area contributed by atoms with E-state index in [1.807, 2.05) is 0 Å². The van der Waals surface area contributed by atoms with Crippen LogP contribution in [0.1, 0.15) is 5.56 Å². The Bertz CT molecular complexity index is 792. The van der Waals surface area contributed by atoms with Crippen LogP contribution in [0.15, 0.2) is 40.8 Å². The summed E-state index contributed by atoms with van der Waals surface area (Å²) in [5, 5.41) is 2.65. The summed E-state index contributed by atoms with van der Waals surface area (Å²) >= 11 is 7.35. The molecule has 0 unspecified atom stereocenters. The molecule has 3 rings (SSSR count). The predicted molar refractivity (Wildman–Crippen MR) is 74.4 cm³/mol. The molecule has 0 radical (unpaired) electrons. The highest BCUT2D eigenvalue weighted by molar-refractivity contribution is 7.16. The summed E-state index contributed by atoms with van der Waals surface area (Å²) in [6.07, 6.45) is 1.42. The van der Waals surface area contributed by atoms with Crippen molar-refractivity contribution in [2.45, 2.75) is 6.54 Å². The van der Waals surface area contributed by atoms with E-state index in [2.05, 4.69) is 4.98 Å². The fourth-order valence-corrected chi connectivity index (χ4v) is 2.81. The molecule has 0 aliphatic carbocycles. The first-order chi connectivity index (χ1) is 9.16. The Hall–Kier alpha value is -1.72. The monoisotopic (exact) mass is 294 g/mol. The van der Waals surface area contributed by atoms with Gasteiger partial charge < -0.3 is 0 Å². The van der Waals surface area contributed by atoms with Crippen LogP contribution in [0.2, 0.25) is 5.02 Å². The smallest absolute Gasteiger partial charge is 0.262 e. The molecule has 0 fully saturated rings. The minimum atomic E-state index is -0.426. The third-order valence-electron chi connectivity index (χ3n) is 2.84. The highest BCUT2D eigenvalue weighted by Gasteiger charge is 2.10. The largest absolute Gasteiger partial charge is 0.294 e. The maximum Gasteiger partial charge on any atom is 0.262 e. The fourth-order valence-electron chi connectivity index (χ4n) is 1.86. The van der Waals surface area contributed by atoms with Crippen molar-refractivity contribution in [1.82, 2.24) is 9.55 Å². The molecule has 0 spiro atoms. The molecule has 1 aromatic carbocycles. The summed E-state index contributed by atoms with van der Waals surface area (Å²) in [6, 6.07) is 6.17. The van der Waals surface area contributed by atoms with Crippen LogP contribution in [0, 0.1) is 5.82 Å². The SMILES string of the molecule is O=c1c2ccsc2ncn1Cc1c(F)cccc1Cl. The Morgan fingerprint density at radius 1 is 1.37 bits per heavy atom. The van der Waals surface area contributed by atoms with E-state index in [-0.39, 0.29) is 12.1 Å². The maximum atomic E-state index is 13.7. The lowest BCUT2D eigenvalue weighted by Gasteiger charge is -2.08. The predicted octanol–water partition coefficient (Wildman–Crippen LogP) is 3.30. The molecule has 0 saturated carbocycles. The van der Waals surface area contributed by atoms with Gasteiger partial charge in [0.05, 0.1) is 18.3 Å². The molecule has 0 atom stereocenters. The molecule has 2 aromatic heterocycles. The highest BCUT2D eigenvalue weighted by atomic mass is 35.5. The maximum absolute atomic E-state index is 13.7. The zero-order valence-electron chi connectivity index (χ0n) is 9.64. The molecule has 3 nitrogen and oxygen atoms in total. The summed E-state index contributed by atoms with van der Waals surface area (Å²) in [5.41, 5.74) is 0.105. The molecule has 19 heavy (non-hydrogen) atoms. The van der Waals surface area contributed by atoms with Gasteiger partial charge in [0.15, 0.2) is 0 Å². The number of aromatic nitrogens is 2. The summed E-state index contributed by atoms with van der Waals surface area (Å²) in [7, 11) is 0. The molecule has 3 aromatic rings.